The molecule has 3 nitrogen and oxygen atoms in total. The third-order valence-electron chi connectivity index (χ3n) is 2.02. The van der Waals surface area contributed by atoms with Crippen molar-refractivity contribution in [1.82, 2.24) is 0 Å². The van der Waals surface area contributed by atoms with Crippen molar-refractivity contribution in [3.05, 3.63) is 24.8 Å². The van der Waals surface area contributed by atoms with E-state index in [1.807, 2.05) is 6.07 Å². The summed E-state index contributed by atoms with van der Waals surface area (Å²) in [6.45, 7) is 2.51. The summed E-state index contributed by atoms with van der Waals surface area (Å²) < 4.78 is 7.00. The van der Waals surface area contributed by atoms with Gasteiger partial charge in [0.05, 0.1) is 12.2 Å². The average Bonchev–Trinajstić information content (AvgIpc) is 2.16. The minimum absolute atomic E-state index is 0.327. The highest BCUT2D eigenvalue weighted by Crippen LogP contribution is 2.23. The summed E-state index contributed by atoms with van der Waals surface area (Å²) in [4.78, 5) is 11.8. The number of benzene rings is 1. The van der Waals surface area contributed by atoms with Gasteiger partial charge in [-0.3, -0.25) is 0 Å². The second kappa shape index (κ2) is 6.63. The largest absolute Gasteiger partial charge is 0.462 e. The number of hydrogen-bond acceptors (Lipinski definition) is 3. The smallest absolute Gasteiger partial charge is 0.341 e. The first-order valence-corrected chi connectivity index (χ1v) is 7.13. The zero-order valence-electron chi connectivity index (χ0n) is 8.93. The van der Waals surface area contributed by atoms with Crippen molar-refractivity contribution >= 4 is 56.8 Å². The fraction of sp³-hybridized carbons (Fsp3) is 0.364. The molecule has 88 valence electrons. The highest BCUT2D eigenvalue weighted by Gasteiger charge is 2.15. The average molecular weight is 445 g/mol. The molecule has 1 aromatic rings. The molecule has 0 aliphatic rings. The van der Waals surface area contributed by atoms with Gasteiger partial charge in [-0.1, -0.05) is 13.3 Å². The van der Waals surface area contributed by atoms with Crippen LogP contribution < -0.4 is 5.73 Å². The third-order valence-corrected chi connectivity index (χ3v) is 3.49. The molecule has 0 unspecified atom stereocenters. The summed E-state index contributed by atoms with van der Waals surface area (Å²) in [6, 6.07) is 3.69. The normalized spacial score (nSPS) is 10.2. The molecule has 0 aromatic heterocycles. The summed E-state index contributed by atoms with van der Waals surface area (Å²) in [5, 5.41) is 0. The SMILES string of the molecule is CCCCOC(=O)c1c(N)cc(I)cc1I. The number of rotatable bonds is 4. The van der Waals surface area contributed by atoms with Crippen LogP contribution in [0.3, 0.4) is 0 Å². The number of carbonyl (C=O) groups excluding carboxylic acids is 1. The molecule has 0 heterocycles. The van der Waals surface area contributed by atoms with Crippen LogP contribution in [0.1, 0.15) is 30.1 Å². The zero-order chi connectivity index (χ0) is 12.1. The van der Waals surface area contributed by atoms with Crippen LogP contribution in [0.2, 0.25) is 0 Å². The molecule has 1 rings (SSSR count). The molecular weight excluding hydrogens is 432 g/mol. The van der Waals surface area contributed by atoms with Gasteiger partial charge in [-0.2, -0.15) is 0 Å². The summed E-state index contributed by atoms with van der Waals surface area (Å²) in [5.74, 6) is -0.327. The number of nitrogen functional groups attached to an aromatic ring is 1. The Hall–Kier alpha value is -0.0500. The van der Waals surface area contributed by atoms with Crippen molar-refractivity contribution in [2.24, 2.45) is 0 Å². The van der Waals surface area contributed by atoms with Gasteiger partial charge >= 0.3 is 5.97 Å². The van der Waals surface area contributed by atoms with Crippen LogP contribution in [0.5, 0.6) is 0 Å². The monoisotopic (exact) mass is 445 g/mol. The van der Waals surface area contributed by atoms with Crippen molar-refractivity contribution in [2.45, 2.75) is 19.8 Å². The molecule has 0 atom stereocenters. The van der Waals surface area contributed by atoms with Gasteiger partial charge in [0.2, 0.25) is 0 Å². The molecule has 0 bridgehead atoms. The molecule has 1 aromatic carbocycles. The maximum atomic E-state index is 11.8. The number of halogens is 2. The molecule has 0 saturated heterocycles. The Labute approximate surface area is 122 Å². The van der Waals surface area contributed by atoms with Crippen molar-refractivity contribution in [1.29, 1.82) is 0 Å². The van der Waals surface area contributed by atoms with E-state index in [1.165, 1.54) is 0 Å². The molecule has 0 spiro atoms. The summed E-state index contributed by atoms with van der Waals surface area (Å²) >= 11 is 4.27. The summed E-state index contributed by atoms with van der Waals surface area (Å²) in [5.41, 5.74) is 6.78. The number of anilines is 1. The molecule has 0 radical (unpaired) electrons. The van der Waals surface area contributed by atoms with Crippen LogP contribution in [0.4, 0.5) is 5.69 Å². The maximum Gasteiger partial charge on any atom is 0.341 e. The lowest BCUT2D eigenvalue weighted by molar-refractivity contribution is 0.0500. The number of hydrogen-bond donors (Lipinski definition) is 1. The van der Waals surface area contributed by atoms with Crippen molar-refractivity contribution in [3.63, 3.8) is 0 Å². The molecule has 5 heteroatoms. The second-order valence-corrected chi connectivity index (χ2v) is 5.75. The van der Waals surface area contributed by atoms with E-state index in [0.29, 0.717) is 17.9 Å². The quantitative estimate of drug-likeness (QED) is 0.335. The maximum absolute atomic E-state index is 11.8. The first-order valence-electron chi connectivity index (χ1n) is 4.98. The minimum atomic E-state index is -0.327. The number of ether oxygens (including phenoxy) is 1. The van der Waals surface area contributed by atoms with E-state index < -0.39 is 0 Å². The van der Waals surface area contributed by atoms with Gasteiger partial charge in [0.15, 0.2) is 0 Å². The Morgan fingerprint density at radius 1 is 1.44 bits per heavy atom. The predicted octanol–water partition coefficient (Wildman–Crippen LogP) is 3.43. The van der Waals surface area contributed by atoms with E-state index in [0.717, 1.165) is 20.0 Å². The first-order chi connectivity index (χ1) is 7.56. The Balaban J connectivity index is 2.83. The molecule has 0 saturated carbocycles. The lowest BCUT2D eigenvalue weighted by Crippen LogP contribution is -2.11. The van der Waals surface area contributed by atoms with E-state index in [4.69, 9.17) is 10.5 Å². The van der Waals surface area contributed by atoms with Crippen LogP contribution in [0.15, 0.2) is 12.1 Å². The van der Waals surface area contributed by atoms with Gasteiger partial charge < -0.3 is 10.5 Å². The van der Waals surface area contributed by atoms with E-state index >= 15 is 0 Å². The lowest BCUT2D eigenvalue weighted by Gasteiger charge is -2.09. The van der Waals surface area contributed by atoms with Crippen LogP contribution in [0.25, 0.3) is 0 Å². The van der Waals surface area contributed by atoms with E-state index in [1.54, 1.807) is 6.07 Å². The topological polar surface area (TPSA) is 52.3 Å². The second-order valence-electron chi connectivity index (χ2n) is 3.34. The van der Waals surface area contributed by atoms with Gasteiger partial charge in [0, 0.05) is 12.8 Å². The van der Waals surface area contributed by atoms with Gasteiger partial charge in [-0.15, -0.1) is 0 Å². The lowest BCUT2D eigenvalue weighted by atomic mass is 10.2. The van der Waals surface area contributed by atoms with Crippen LogP contribution in [0, 0.1) is 7.14 Å². The summed E-state index contributed by atoms with van der Waals surface area (Å²) in [6.07, 6.45) is 1.89. The highest BCUT2D eigenvalue weighted by molar-refractivity contribution is 14.1. The Morgan fingerprint density at radius 2 is 2.12 bits per heavy atom. The van der Waals surface area contributed by atoms with Crippen LogP contribution >= 0.6 is 45.2 Å². The van der Waals surface area contributed by atoms with Crippen molar-refractivity contribution < 1.29 is 9.53 Å². The fourth-order valence-corrected chi connectivity index (χ4v) is 3.30. The molecule has 0 aliphatic carbocycles. The minimum Gasteiger partial charge on any atom is -0.462 e. The standard InChI is InChI=1S/C11H13I2NO2/c1-2-3-4-16-11(15)10-8(13)5-7(12)6-9(10)14/h5-6H,2-4,14H2,1H3. The zero-order valence-corrected chi connectivity index (χ0v) is 13.2. The highest BCUT2D eigenvalue weighted by atomic mass is 127. The molecule has 0 aliphatic heterocycles. The Kier molecular flexibility index (Phi) is 5.81. The first kappa shape index (κ1) is 14.0. The number of esters is 1. The molecule has 0 amide bonds. The predicted molar refractivity (Wildman–Crippen MR) is 81.5 cm³/mol. The fourth-order valence-electron chi connectivity index (χ4n) is 1.19. The van der Waals surface area contributed by atoms with Gasteiger partial charge in [0.25, 0.3) is 0 Å². The van der Waals surface area contributed by atoms with Gasteiger partial charge in [-0.25, -0.2) is 4.79 Å². The molecule has 2 N–H and O–H groups in total. The third kappa shape index (κ3) is 3.76. The Bertz CT molecular complexity index is 371. The number of unbranched alkanes of at least 4 members (excludes halogenated alkanes) is 1. The number of nitrogens with two attached hydrogens (primary N) is 1. The van der Waals surface area contributed by atoms with Gasteiger partial charge in [0.1, 0.15) is 0 Å². The van der Waals surface area contributed by atoms with E-state index in [9.17, 15) is 4.79 Å². The molecule has 16 heavy (non-hydrogen) atoms. The summed E-state index contributed by atoms with van der Waals surface area (Å²) in [7, 11) is 0. The van der Waals surface area contributed by atoms with E-state index in [-0.39, 0.29) is 5.97 Å². The van der Waals surface area contributed by atoms with Crippen LogP contribution in [-0.4, -0.2) is 12.6 Å². The Morgan fingerprint density at radius 3 is 2.69 bits per heavy atom. The van der Waals surface area contributed by atoms with Gasteiger partial charge in [-0.05, 0) is 63.7 Å². The molecule has 0 fully saturated rings. The van der Waals surface area contributed by atoms with E-state index in [2.05, 4.69) is 52.1 Å². The van der Waals surface area contributed by atoms with Crippen molar-refractivity contribution in [2.75, 3.05) is 12.3 Å². The molecular formula is C11H13I2NO2. The van der Waals surface area contributed by atoms with Crippen molar-refractivity contribution in [3.8, 4) is 0 Å². The van der Waals surface area contributed by atoms with Crippen LogP contribution in [-0.2, 0) is 4.74 Å². The number of carbonyl (C=O) groups is 1.